The van der Waals surface area contributed by atoms with Gasteiger partial charge in [0, 0.05) is 12.1 Å². The van der Waals surface area contributed by atoms with Crippen molar-refractivity contribution in [1.29, 1.82) is 0 Å². The number of fused-ring (bicyclic) bond motifs is 1. The Kier molecular flexibility index (Phi) is 4.05. The van der Waals surface area contributed by atoms with Gasteiger partial charge in [0.25, 0.3) is 0 Å². The van der Waals surface area contributed by atoms with E-state index in [0.717, 1.165) is 19.5 Å². The summed E-state index contributed by atoms with van der Waals surface area (Å²) in [6, 6.07) is 4.70. The first-order valence-corrected chi connectivity index (χ1v) is 8.67. The summed E-state index contributed by atoms with van der Waals surface area (Å²) in [6.45, 7) is 4.63. The lowest BCUT2D eigenvalue weighted by Crippen LogP contribution is -2.48. The fraction of sp³-hybridized carbons (Fsp3) is 0.571. The van der Waals surface area contributed by atoms with Crippen molar-refractivity contribution < 1.29 is 17.9 Å². The van der Waals surface area contributed by atoms with E-state index in [4.69, 9.17) is 9.47 Å². The third kappa shape index (κ3) is 3.14. The molecule has 2 aliphatic heterocycles. The third-order valence-electron chi connectivity index (χ3n) is 3.92. The van der Waals surface area contributed by atoms with Crippen molar-refractivity contribution in [1.82, 2.24) is 10.0 Å². The zero-order chi connectivity index (χ0) is 14.9. The Balaban J connectivity index is 1.81. The number of hydrogen-bond donors (Lipinski definition) is 2. The van der Waals surface area contributed by atoms with Gasteiger partial charge in [-0.1, -0.05) is 6.92 Å². The number of nitrogens with one attached hydrogen (secondary N) is 2. The summed E-state index contributed by atoms with van der Waals surface area (Å²) < 4.78 is 38.7. The molecule has 1 aromatic rings. The first-order valence-electron chi connectivity index (χ1n) is 7.19. The van der Waals surface area contributed by atoms with Gasteiger partial charge in [-0.3, -0.25) is 0 Å². The Morgan fingerprint density at radius 1 is 1.24 bits per heavy atom. The van der Waals surface area contributed by atoms with Gasteiger partial charge >= 0.3 is 0 Å². The molecule has 1 saturated heterocycles. The van der Waals surface area contributed by atoms with Crippen LogP contribution in [0, 0.1) is 5.92 Å². The van der Waals surface area contributed by atoms with Crippen LogP contribution in [0.4, 0.5) is 0 Å². The maximum Gasteiger partial charge on any atom is 0.240 e. The smallest absolute Gasteiger partial charge is 0.240 e. The maximum atomic E-state index is 12.5. The molecule has 0 radical (unpaired) electrons. The Morgan fingerprint density at radius 3 is 2.76 bits per heavy atom. The molecule has 21 heavy (non-hydrogen) atoms. The zero-order valence-corrected chi connectivity index (χ0v) is 12.8. The van der Waals surface area contributed by atoms with E-state index in [2.05, 4.69) is 10.0 Å². The minimum Gasteiger partial charge on any atom is -0.486 e. The van der Waals surface area contributed by atoms with Crippen LogP contribution in [-0.4, -0.2) is 40.8 Å². The molecular weight excluding hydrogens is 292 g/mol. The fourth-order valence-electron chi connectivity index (χ4n) is 2.65. The second kappa shape index (κ2) is 5.82. The Morgan fingerprint density at radius 2 is 2.00 bits per heavy atom. The number of ether oxygens (including phenoxy) is 2. The molecule has 0 amide bonds. The molecule has 2 atom stereocenters. The van der Waals surface area contributed by atoms with Crippen LogP contribution in [-0.2, 0) is 10.0 Å². The summed E-state index contributed by atoms with van der Waals surface area (Å²) in [5.74, 6) is 1.35. The van der Waals surface area contributed by atoms with Crippen LogP contribution >= 0.6 is 0 Å². The van der Waals surface area contributed by atoms with Crippen molar-refractivity contribution in [2.24, 2.45) is 5.92 Å². The van der Waals surface area contributed by atoms with Crippen molar-refractivity contribution in [2.75, 3.05) is 26.3 Å². The highest BCUT2D eigenvalue weighted by molar-refractivity contribution is 7.89. The molecule has 0 spiro atoms. The Bertz CT molecular complexity index is 617. The fourth-order valence-corrected chi connectivity index (χ4v) is 4.04. The van der Waals surface area contributed by atoms with Gasteiger partial charge in [0.1, 0.15) is 13.2 Å². The van der Waals surface area contributed by atoms with Crippen LogP contribution in [0.5, 0.6) is 11.5 Å². The zero-order valence-electron chi connectivity index (χ0n) is 12.0. The summed E-state index contributed by atoms with van der Waals surface area (Å²) >= 11 is 0. The Labute approximate surface area is 124 Å². The van der Waals surface area contributed by atoms with Gasteiger partial charge in [-0.25, -0.2) is 13.1 Å². The molecule has 2 N–H and O–H groups in total. The summed E-state index contributed by atoms with van der Waals surface area (Å²) in [7, 11) is -3.54. The van der Waals surface area contributed by atoms with E-state index in [1.54, 1.807) is 12.1 Å². The van der Waals surface area contributed by atoms with E-state index in [1.807, 2.05) is 6.92 Å². The van der Waals surface area contributed by atoms with E-state index < -0.39 is 10.0 Å². The maximum absolute atomic E-state index is 12.5. The lowest BCUT2D eigenvalue weighted by molar-refractivity contribution is 0.171. The standard InChI is InChI=1S/C14H20N2O4S/c1-10-9-15-5-4-12(10)16-21(17,18)11-2-3-13-14(8-11)20-7-6-19-13/h2-3,8,10,12,15-16H,4-7,9H2,1H3/t10-,12+/m1/s1. The molecular formula is C14H20N2O4S. The lowest BCUT2D eigenvalue weighted by atomic mass is 9.97. The molecule has 7 heteroatoms. The van der Waals surface area contributed by atoms with Crippen molar-refractivity contribution in [3.63, 3.8) is 0 Å². The minimum atomic E-state index is -3.54. The normalized spacial score (nSPS) is 25.6. The van der Waals surface area contributed by atoms with Crippen LogP contribution < -0.4 is 19.5 Å². The molecule has 3 rings (SSSR count). The highest BCUT2D eigenvalue weighted by Crippen LogP contribution is 2.32. The predicted octanol–water partition coefficient (Wildman–Crippen LogP) is 0.734. The monoisotopic (exact) mass is 312 g/mol. The lowest BCUT2D eigenvalue weighted by Gasteiger charge is -2.30. The first-order chi connectivity index (χ1) is 10.1. The van der Waals surface area contributed by atoms with Gasteiger partial charge in [-0.15, -0.1) is 0 Å². The molecule has 1 fully saturated rings. The summed E-state index contributed by atoms with van der Waals surface area (Å²) in [5.41, 5.74) is 0. The molecule has 6 nitrogen and oxygen atoms in total. The van der Waals surface area contributed by atoms with E-state index in [1.165, 1.54) is 6.07 Å². The average Bonchev–Trinajstić information content (AvgIpc) is 2.49. The van der Waals surface area contributed by atoms with Crippen LogP contribution in [0.25, 0.3) is 0 Å². The third-order valence-corrected chi connectivity index (χ3v) is 5.40. The Hall–Kier alpha value is -1.31. The van der Waals surface area contributed by atoms with Gasteiger partial charge in [-0.05, 0) is 37.6 Å². The number of hydrogen-bond acceptors (Lipinski definition) is 5. The number of sulfonamides is 1. The van der Waals surface area contributed by atoms with Crippen LogP contribution in [0.2, 0.25) is 0 Å². The highest BCUT2D eigenvalue weighted by atomic mass is 32.2. The minimum absolute atomic E-state index is 0.0375. The SMILES string of the molecule is C[C@@H]1CNCC[C@@H]1NS(=O)(=O)c1ccc2c(c1)OCCO2. The van der Waals surface area contributed by atoms with Gasteiger partial charge < -0.3 is 14.8 Å². The molecule has 0 unspecified atom stereocenters. The predicted molar refractivity (Wildman–Crippen MR) is 78.2 cm³/mol. The number of benzene rings is 1. The van der Waals surface area contributed by atoms with E-state index in [0.29, 0.717) is 24.7 Å². The van der Waals surface area contributed by atoms with Crippen LogP contribution in [0.1, 0.15) is 13.3 Å². The van der Waals surface area contributed by atoms with Crippen LogP contribution in [0.3, 0.4) is 0 Å². The molecule has 0 aliphatic carbocycles. The van der Waals surface area contributed by atoms with Gasteiger partial charge in [-0.2, -0.15) is 0 Å². The molecule has 0 saturated carbocycles. The van der Waals surface area contributed by atoms with Crippen molar-refractivity contribution >= 4 is 10.0 Å². The molecule has 0 aromatic heterocycles. The quantitative estimate of drug-likeness (QED) is 0.861. The van der Waals surface area contributed by atoms with Crippen LogP contribution in [0.15, 0.2) is 23.1 Å². The van der Waals surface area contributed by atoms with E-state index in [9.17, 15) is 8.42 Å². The van der Waals surface area contributed by atoms with Gasteiger partial charge in [0.15, 0.2) is 11.5 Å². The summed E-state index contributed by atoms with van der Waals surface area (Å²) in [5, 5.41) is 3.26. The van der Waals surface area contributed by atoms with Gasteiger partial charge in [0.2, 0.25) is 10.0 Å². The largest absolute Gasteiger partial charge is 0.486 e. The number of rotatable bonds is 3. The summed E-state index contributed by atoms with van der Waals surface area (Å²) in [6.07, 6.45) is 0.797. The van der Waals surface area contributed by atoms with Crippen molar-refractivity contribution in [3.05, 3.63) is 18.2 Å². The van der Waals surface area contributed by atoms with E-state index >= 15 is 0 Å². The van der Waals surface area contributed by atoms with E-state index in [-0.39, 0.29) is 16.9 Å². The van der Waals surface area contributed by atoms with Crippen molar-refractivity contribution in [2.45, 2.75) is 24.3 Å². The second-order valence-corrected chi connectivity index (χ2v) is 7.22. The number of piperidine rings is 1. The topological polar surface area (TPSA) is 76.7 Å². The van der Waals surface area contributed by atoms with Crippen molar-refractivity contribution in [3.8, 4) is 11.5 Å². The average molecular weight is 312 g/mol. The molecule has 2 heterocycles. The summed E-state index contributed by atoms with van der Waals surface area (Å²) in [4.78, 5) is 0.220. The highest BCUT2D eigenvalue weighted by Gasteiger charge is 2.27. The molecule has 2 aliphatic rings. The second-order valence-electron chi connectivity index (χ2n) is 5.50. The molecule has 1 aromatic carbocycles. The molecule has 116 valence electrons. The van der Waals surface area contributed by atoms with Gasteiger partial charge in [0.05, 0.1) is 4.90 Å². The molecule has 0 bridgehead atoms. The first kappa shape index (κ1) is 14.6.